The number of hydrogen-bond donors (Lipinski definition) is 0. The van der Waals surface area contributed by atoms with Crippen LogP contribution in [-0.4, -0.2) is 29.4 Å². The maximum absolute atomic E-state index is 3.58. The Balaban J connectivity index is 1.87. The Morgan fingerprint density at radius 3 is 2.86 bits per heavy atom. The number of halogens is 1. The van der Waals surface area contributed by atoms with Gasteiger partial charge in [0.05, 0.1) is 0 Å². The van der Waals surface area contributed by atoms with Gasteiger partial charge in [0.15, 0.2) is 0 Å². The van der Waals surface area contributed by atoms with Crippen molar-refractivity contribution >= 4 is 15.9 Å². The number of alkyl halides is 1. The van der Waals surface area contributed by atoms with Gasteiger partial charge in [0.2, 0.25) is 0 Å². The monoisotopic (exact) mass is 259 g/mol. The minimum Gasteiger partial charge on any atom is -0.300 e. The molecule has 14 heavy (non-hydrogen) atoms. The molecule has 0 bridgehead atoms. The third-order valence-corrected chi connectivity index (χ3v) is 5.04. The number of likely N-dealkylation sites (tertiary alicyclic amines) is 1. The Hall–Kier alpha value is 0.440. The lowest BCUT2D eigenvalue weighted by atomic mass is 9.85. The lowest BCUT2D eigenvalue weighted by Gasteiger charge is -2.32. The molecule has 82 valence electrons. The largest absolute Gasteiger partial charge is 0.300 e. The smallest absolute Gasteiger partial charge is 0.0124 e. The first kappa shape index (κ1) is 10.9. The maximum Gasteiger partial charge on any atom is 0.0124 e. The summed E-state index contributed by atoms with van der Waals surface area (Å²) >= 11 is 3.58. The van der Waals surface area contributed by atoms with Crippen molar-refractivity contribution in [2.45, 2.75) is 45.1 Å². The summed E-state index contributed by atoms with van der Waals surface area (Å²) in [5, 5.41) is 1.15. The predicted molar refractivity (Wildman–Crippen MR) is 64.9 cm³/mol. The van der Waals surface area contributed by atoms with Crippen LogP contribution in [0.4, 0.5) is 0 Å². The van der Waals surface area contributed by atoms with Gasteiger partial charge in [-0.05, 0) is 37.6 Å². The summed E-state index contributed by atoms with van der Waals surface area (Å²) in [6.07, 6.45) is 7.41. The molecule has 0 spiro atoms. The molecule has 1 nitrogen and oxygen atoms in total. The van der Waals surface area contributed by atoms with Crippen LogP contribution in [0.25, 0.3) is 0 Å². The summed E-state index contributed by atoms with van der Waals surface area (Å²) < 4.78 is 0. The number of hydrogen-bond acceptors (Lipinski definition) is 1. The number of fused-ring (bicyclic) bond motifs is 1. The molecule has 0 N–H and O–H groups in total. The van der Waals surface area contributed by atoms with E-state index in [1.165, 1.54) is 45.2 Å². The highest BCUT2D eigenvalue weighted by Crippen LogP contribution is 2.36. The second-order valence-corrected chi connectivity index (χ2v) is 5.80. The number of rotatable bonds is 3. The molecule has 0 radical (unpaired) electrons. The fraction of sp³-hybridized carbons (Fsp3) is 1.00. The van der Waals surface area contributed by atoms with E-state index in [4.69, 9.17) is 0 Å². The quantitative estimate of drug-likeness (QED) is 0.704. The average Bonchev–Trinajstić information content (AvgIpc) is 2.62. The molecule has 1 aliphatic heterocycles. The van der Waals surface area contributed by atoms with Crippen LogP contribution < -0.4 is 0 Å². The lowest BCUT2D eigenvalue weighted by molar-refractivity contribution is 0.168. The first-order valence-corrected chi connectivity index (χ1v) is 7.23. The van der Waals surface area contributed by atoms with Gasteiger partial charge < -0.3 is 0 Å². The van der Waals surface area contributed by atoms with Gasteiger partial charge in [-0.3, -0.25) is 4.90 Å². The van der Waals surface area contributed by atoms with Crippen LogP contribution in [0.1, 0.15) is 39.0 Å². The van der Waals surface area contributed by atoms with Crippen LogP contribution >= 0.6 is 15.9 Å². The Morgan fingerprint density at radius 2 is 2.07 bits per heavy atom. The standard InChI is InChI=1S/C12H22BrN/c1-10(8-13)9-14-7-6-11-4-2-3-5-12(11)14/h10-12H,2-9H2,1H3/t10?,11-,12-/m0/s1. The predicted octanol–water partition coefficient (Wildman–Crippen LogP) is 3.28. The summed E-state index contributed by atoms with van der Waals surface area (Å²) in [5.74, 6) is 1.86. The zero-order valence-corrected chi connectivity index (χ0v) is 10.8. The van der Waals surface area contributed by atoms with Gasteiger partial charge in [-0.2, -0.15) is 0 Å². The third kappa shape index (κ3) is 2.33. The maximum atomic E-state index is 3.58. The summed E-state index contributed by atoms with van der Waals surface area (Å²) in [6.45, 7) is 5.03. The summed E-state index contributed by atoms with van der Waals surface area (Å²) in [7, 11) is 0. The van der Waals surface area contributed by atoms with Crippen LogP contribution in [0.5, 0.6) is 0 Å². The Kier molecular flexibility index (Phi) is 3.89. The third-order valence-electron chi connectivity index (χ3n) is 3.93. The Labute approximate surface area is 96.4 Å². The lowest BCUT2D eigenvalue weighted by Crippen LogP contribution is -2.37. The number of nitrogens with zero attached hydrogens (tertiary/aromatic N) is 1. The van der Waals surface area contributed by atoms with Gasteiger partial charge in [-0.15, -0.1) is 0 Å². The van der Waals surface area contributed by atoms with Crippen molar-refractivity contribution in [1.29, 1.82) is 0 Å². The molecule has 0 amide bonds. The SMILES string of the molecule is CC(CBr)CN1CC[C@@H]2CCCC[C@@H]21. The highest BCUT2D eigenvalue weighted by atomic mass is 79.9. The molecule has 1 saturated heterocycles. The van der Waals surface area contributed by atoms with E-state index < -0.39 is 0 Å². The van der Waals surface area contributed by atoms with E-state index in [0.717, 1.165) is 23.2 Å². The average molecular weight is 260 g/mol. The van der Waals surface area contributed by atoms with E-state index >= 15 is 0 Å². The Bertz CT molecular complexity index is 183. The second kappa shape index (κ2) is 4.98. The van der Waals surface area contributed by atoms with Crippen molar-refractivity contribution in [3.63, 3.8) is 0 Å². The second-order valence-electron chi connectivity index (χ2n) is 5.15. The van der Waals surface area contributed by atoms with Gasteiger partial charge in [-0.25, -0.2) is 0 Å². The molecule has 0 aromatic carbocycles. The van der Waals surface area contributed by atoms with Crippen molar-refractivity contribution in [2.24, 2.45) is 11.8 Å². The fourth-order valence-electron chi connectivity index (χ4n) is 3.18. The molecule has 0 aromatic heterocycles. The minimum absolute atomic E-state index is 0.815. The summed E-state index contributed by atoms with van der Waals surface area (Å²) in [4.78, 5) is 2.76. The molecule has 2 fully saturated rings. The summed E-state index contributed by atoms with van der Waals surface area (Å²) in [5.41, 5.74) is 0. The normalized spacial score (nSPS) is 35.6. The fourth-order valence-corrected chi connectivity index (χ4v) is 3.38. The van der Waals surface area contributed by atoms with Crippen molar-refractivity contribution in [2.75, 3.05) is 18.4 Å². The molecule has 1 saturated carbocycles. The molecule has 2 rings (SSSR count). The van der Waals surface area contributed by atoms with Crippen molar-refractivity contribution in [3.8, 4) is 0 Å². The van der Waals surface area contributed by atoms with Gasteiger partial charge in [0.25, 0.3) is 0 Å². The van der Waals surface area contributed by atoms with E-state index in [1.54, 1.807) is 0 Å². The zero-order valence-electron chi connectivity index (χ0n) is 9.21. The van der Waals surface area contributed by atoms with E-state index in [1.807, 2.05) is 0 Å². The minimum atomic E-state index is 0.815. The topological polar surface area (TPSA) is 3.24 Å². The highest BCUT2D eigenvalue weighted by molar-refractivity contribution is 9.09. The van der Waals surface area contributed by atoms with Crippen LogP contribution in [0.2, 0.25) is 0 Å². The molecular formula is C12H22BrN. The molecule has 1 unspecified atom stereocenters. The molecule has 3 atom stereocenters. The highest BCUT2D eigenvalue weighted by Gasteiger charge is 2.35. The van der Waals surface area contributed by atoms with Crippen LogP contribution in [0.15, 0.2) is 0 Å². The molecule has 1 heterocycles. The van der Waals surface area contributed by atoms with E-state index in [-0.39, 0.29) is 0 Å². The molecule has 2 aliphatic rings. The van der Waals surface area contributed by atoms with Crippen molar-refractivity contribution in [1.82, 2.24) is 4.90 Å². The van der Waals surface area contributed by atoms with Gasteiger partial charge in [-0.1, -0.05) is 35.7 Å². The van der Waals surface area contributed by atoms with Crippen molar-refractivity contribution in [3.05, 3.63) is 0 Å². The summed E-state index contributed by atoms with van der Waals surface area (Å²) in [6, 6.07) is 0.949. The van der Waals surface area contributed by atoms with Crippen LogP contribution in [0.3, 0.4) is 0 Å². The first-order chi connectivity index (χ1) is 6.81. The van der Waals surface area contributed by atoms with E-state index in [2.05, 4.69) is 27.8 Å². The zero-order chi connectivity index (χ0) is 9.97. The molecule has 0 aromatic rings. The van der Waals surface area contributed by atoms with Gasteiger partial charge in [0.1, 0.15) is 0 Å². The van der Waals surface area contributed by atoms with Gasteiger partial charge in [0, 0.05) is 17.9 Å². The van der Waals surface area contributed by atoms with E-state index in [0.29, 0.717) is 0 Å². The van der Waals surface area contributed by atoms with Gasteiger partial charge >= 0.3 is 0 Å². The van der Waals surface area contributed by atoms with Crippen LogP contribution in [0, 0.1) is 11.8 Å². The van der Waals surface area contributed by atoms with E-state index in [9.17, 15) is 0 Å². The molecule has 1 aliphatic carbocycles. The van der Waals surface area contributed by atoms with Crippen LogP contribution in [-0.2, 0) is 0 Å². The molecule has 2 heteroatoms. The van der Waals surface area contributed by atoms with Crippen molar-refractivity contribution < 1.29 is 0 Å². The molecular weight excluding hydrogens is 238 g/mol. The first-order valence-electron chi connectivity index (χ1n) is 6.11. The Morgan fingerprint density at radius 1 is 1.29 bits per heavy atom.